The number of unbranched alkanes of at least 4 members (excludes halogenated alkanes) is 10. The molecule has 0 nitrogen and oxygen atoms in total. The summed E-state index contributed by atoms with van der Waals surface area (Å²) in [7, 11) is 0. The molecule has 0 aliphatic heterocycles. The Hall–Kier alpha value is 1.27. The Balaban J connectivity index is 0. The molecule has 0 bridgehead atoms. The van der Waals surface area contributed by atoms with Crippen molar-refractivity contribution >= 4 is 16.5 Å². The third kappa shape index (κ3) is 17.9. The molecule has 0 aliphatic carbocycles. The molecule has 92 valence electrons. The molecule has 0 rings (SSSR count). The number of hydrogen-bond acceptors (Lipinski definition) is 0. The predicted molar refractivity (Wildman–Crippen MR) is 69.8 cm³/mol. The van der Waals surface area contributed by atoms with E-state index in [0.29, 0.717) is 0 Å². The fourth-order valence-electron chi connectivity index (χ4n) is 1.84. The molecule has 0 heterocycles. The molecule has 0 fully saturated rings. The second kappa shape index (κ2) is 17.7. The van der Waals surface area contributed by atoms with Crippen molar-refractivity contribution in [1.82, 2.24) is 0 Å². The van der Waals surface area contributed by atoms with Gasteiger partial charge in [0.15, 0.2) is 0 Å². The Morgan fingerprint density at radius 3 is 1.27 bits per heavy atom. The monoisotopic (exact) mass is 386 g/mol. The van der Waals surface area contributed by atoms with E-state index in [1.54, 1.807) is 0 Å². The maximum absolute atomic E-state index is 2.29. The number of hydrogen-bond donors (Lipinski definition) is 0. The minimum absolute atomic E-state index is 0. The first-order chi connectivity index (χ1) is 6.91. The van der Waals surface area contributed by atoms with E-state index in [1.165, 1.54) is 92.4 Å². The van der Waals surface area contributed by atoms with E-state index in [4.69, 9.17) is 0 Å². The Morgan fingerprint density at radius 2 is 0.933 bits per heavy atom. The van der Waals surface area contributed by atoms with Gasteiger partial charge in [-0.15, -0.1) is 0 Å². The molecule has 0 N–H and O–H groups in total. The smallest absolute Gasteiger partial charge is 1.00 e. The predicted octanol–water partition coefficient (Wildman–Crippen LogP) is 1.35. The van der Waals surface area contributed by atoms with Crippen molar-refractivity contribution in [2.75, 3.05) is 0 Å². The molecule has 0 saturated carbocycles. The van der Waals surface area contributed by atoms with E-state index in [9.17, 15) is 0 Å². The Morgan fingerprint density at radius 1 is 0.600 bits per heavy atom. The molecule has 0 aliphatic rings. The van der Waals surface area contributed by atoms with Gasteiger partial charge in [0.25, 0.3) is 0 Å². The van der Waals surface area contributed by atoms with Crippen molar-refractivity contribution in [2.24, 2.45) is 0 Å². The quantitative estimate of drug-likeness (QED) is 0.286. The van der Waals surface area contributed by atoms with Crippen molar-refractivity contribution < 1.29 is 24.0 Å². The van der Waals surface area contributed by atoms with E-state index < -0.39 is 0 Å². The first kappa shape index (κ1) is 18.6. The van der Waals surface area contributed by atoms with Gasteiger partial charge >= 0.3 is 92.4 Å². The van der Waals surface area contributed by atoms with Gasteiger partial charge in [0, 0.05) is 0 Å². The summed E-state index contributed by atoms with van der Waals surface area (Å²) in [5.74, 6) is 0. The minimum Gasteiger partial charge on any atom is -1.00 e. The van der Waals surface area contributed by atoms with Crippen molar-refractivity contribution in [2.45, 2.75) is 82.8 Å². The normalized spacial score (nSPS) is 9.93. The van der Waals surface area contributed by atoms with Gasteiger partial charge in [0.05, 0.1) is 0 Å². The largest absolute Gasteiger partial charge is 1.00 e. The molecular weight excluding hydrogens is 356 g/mol. The van der Waals surface area contributed by atoms with Crippen molar-refractivity contribution in [3.63, 3.8) is 0 Å². The third-order valence-electron chi connectivity index (χ3n) is 2.85. The van der Waals surface area contributed by atoms with Crippen LogP contribution in [0.25, 0.3) is 0 Å². The maximum atomic E-state index is 2.29. The van der Waals surface area contributed by atoms with Crippen LogP contribution in [0.3, 0.4) is 0 Å². The van der Waals surface area contributed by atoms with Crippen LogP contribution in [-0.2, 0) is 0 Å². The van der Waals surface area contributed by atoms with E-state index in [-0.39, 0.29) is 24.0 Å². The third-order valence-corrected chi connectivity index (χ3v) is 3.90. The summed E-state index contributed by atoms with van der Waals surface area (Å²) < 4.78 is 0. The average molecular weight is 385 g/mol. The van der Waals surface area contributed by atoms with Gasteiger partial charge in [-0.3, -0.25) is 0 Å². The van der Waals surface area contributed by atoms with Crippen LogP contribution in [0.1, 0.15) is 77.6 Å². The van der Waals surface area contributed by atoms with Crippen LogP contribution in [0.15, 0.2) is 0 Å². The van der Waals surface area contributed by atoms with Crippen LogP contribution in [-0.4, -0.2) is 16.5 Å². The van der Waals surface area contributed by atoms with Crippen LogP contribution in [0.5, 0.6) is 0 Å². The first-order valence-electron chi connectivity index (χ1n) is 6.71. The summed E-state index contributed by atoms with van der Waals surface area (Å²) in [4.78, 5) is 0. The number of rotatable bonds is 11. The van der Waals surface area contributed by atoms with Gasteiger partial charge in [-0.1, -0.05) is 6.92 Å². The van der Waals surface area contributed by atoms with E-state index in [0.717, 1.165) is 0 Å². The number of halogens is 1. The molecule has 0 atom stereocenters. The van der Waals surface area contributed by atoms with Gasteiger partial charge < -0.3 is 24.0 Å². The van der Waals surface area contributed by atoms with Crippen LogP contribution < -0.4 is 24.0 Å². The van der Waals surface area contributed by atoms with Gasteiger partial charge in [-0.05, 0) is 0 Å². The SMILES string of the molecule is CCCCCCCCCCCC[CH2][GeH2+].[I-]. The van der Waals surface area contributed by atoms with Gasteiger partial charge in [0.2, 0.25) is 0 Å². The molecule has 2 heteroatoms. The fourth-order valence-corrected chi connectivity index (χ4v) is 2.58. The molecule has 0 aromatic rings. The standard InChI is InChI=1S/C13H29Ge.HI/c1-2-3-4-5-6-7-8-9-10-11-12-13-14;/h2-14H2,1H3;1H/q+1;/p-1. The topological polar surface area (TPSA) is 0 Å². The van der Waals surface area contributed by atoms with Gasteiger partial charge in [-0.25, -0.2) is 0 Å². The second-order valence-corrected chi connectivity index (χ2v) is 5.87. The van der Waals surface area contributed by atoms with Crippen molar-refractivity contribution in [3.8, 4) is 0 Å². The summed E-state index contributed by atoms with van der Waals surface area (Å²) in [6, 6.07) is 0. The molecule has 0 radical (unpaired) electrons. The van der Waals surface area contributed by atoms with Gasteiger partial charge in [0.1, 0.15) is 0 Å². The summed E-state index contributed by atoms with van der Waals surface area (Å²) in [6.45, 7) is 2.29. The van der Waals surface area contributed by atoms with E-state index >= 15 is 0 Å². The molecule has 0 aromatic heterocycles. The Labute approximate surface area is 123 Å². The zero-order valence-corrected chi connectivity index (χ0v) is 15.7. The van der Waals surface area contributed by atoms with Crippen molar-refractivity contribution in [3.05, 3.63) is 0 Å². The summed E-state index contributed by atoms with van der Waals surface area (Å²) >= 11 is 1.50. The minimum atomic E-state index is 0. The van der Waals surface area contributed by atoms with Crippen LogP contribution in [0.4, 0.5) is 0 Å². The van der Waals surface area contributed by atoms with E-state index in [1.807, 2.05) is 0 Å². The van der Waals surface area contributed by atoms with Crippen LogP contribution in [0, 0.1) is 0 Å². The zero-order valence-electron chi connectivity index (χ0n) is 10.6. The molecule has 0 unspecified atom stereocenters. The molecule has 0 spiro atoms. The van der Waals surface area contributed by atoms with Gasteiger partial charge in [-0.2, -0.15) is 0 Å². The molecular formula is C13H29GeI. The summed E-state index contributed by atoms with van der Waals surface area (Å²) in [6.07, 6.45) is 16.2. The van der Waals surface area contributed by atoms with Crippen LogP contribution >= 0.6 is 0 Å². The Kier molecular flexibility index (Phi) is 21.9. The molecule has 0 aromatic carbocycles. The average Bonchev–Trinajstić information content (AvgIpc) is 2.21. The zero-order chi connectivity index (χ0) is 10.5. The van der Waals surface area contributed by atoms with E-state index in [2.05, 4.69) is 6.92 Å². The molecule has 0 saturated heterocycles. The van der Waals surface area contributed by atoms with Crippen LogP contribution in [0.2, 0.25) is 5.25 Å². The molecule has 15 heavy (non-hydrogen) atoms. The summed E-state index contributed by atoms with van der Waals surface area (Å²) in [5.41, 5.74) is 0. The maximum Gasteiger partial charge on any atom is -1.00 e. The summed E-state index contributed by atoms with van der Waals surface area (Å²) in [5, 5.41) is 1.50. The first-order valence-corrected chi connectivity index (χ1v) is 8.81. The fraction of sp³-hybridized carbons (Fsp3) is 1.00. The molecule has 0 amide bonds. The van der Waals surface area contributed by atoms with Crippen molar-refractivity contribution in [1.29, 1.82) is 0 Å². The second-order valence-electron chi connectivity index (χ2n) is 4.39. The Bertz CT molecular complexity index is 84.5.